The van der Waals surface area contributed by atoms with Crippen molar-refractivity contribution in [3.8, 4) is 0 Å². The quantitative estimate of drug-likeness (QED) is 0.140. The van der Waals surface area contributed by atoms with Crippen molar-refractivity contribution >= 4 is 5.91 Å². The Kier molecular flexibility index (Phi) is 17.4. The minimum absolute atomic E-state index is 0.273. The molecule has 0 aliphatic heterocycles. The van der Waals surface area contributed by atoms with Gasteiger partial charge >= 0.3 is 0 Å². The maximum atomic E-state index is 11.9. The van der Waals surface area contributed by atoms with E-state index in [-0.39, 0.29) is 12.3 Å². The highest BCUT2D eigenvalue weighted by molar-refractivity contribution is 5.76. The molecule has 0 aliphatic carbocycles. The monoisotopic (exact) mass is 400 g/mol. The smallest absolute Gasteiger partial charge is 0.220 e. The summed E-state index contributed by atoms with van der Waals surface area (Å²) in [4.78, 5) is 11.9. The van der Waals surface area contributed by atoms with Gasteiger partial charge in [-0.1, -0.05) is 103 Å². The molecule has 28 heavy (non-hydrogen) atoms. The van der Waals surface area contributed by atoms with Crippen molar-refractivity contribution in [1.29, 1.82) is 0 Å². The summed E-state index contributed by atoms with van der Waals surface area (Å²) in [6.45, 7) is 1.60. The van der Waals surface area contributed by atoms with Crippen molar-refractivity contribution in [2.75, 3.05) is 6.56 Å². The van der Waals surface area contributed by atoms with Gasteiger partial charge in [0.25, 0.3) is 0 Å². The average molecular weight is 401 g/mol. The number of aliphatic hydroxyl groups is 2. The molecule has 0 fully saturated rings. The lowest BCUT2D eigenvalue weighted by Gasteiger charge is -2.19. The maximum absolute atomic E-state index is 11.9. The third-order valence-corrected chi connectivity index (χ3v) is 5.11. The largest absolute Gasteiger partial charge is 0.394 e. The van der Waals surface area contributed by atoms with Crippen LogP contribution >= 0.6 is 0 Å². The SMILES string of the molecule is [2H]C([2H])(O)[13C@H](NC(=O)CCCCC)[C@H](O)C=CCCCCCCCCCCCCC. The molecule has 0 spiro atoms. The Bertz CT molecular complexity index is 439. The van der Waals surface area contributed by atoms with Gasteiger partial charge in [-0.3, -0.25) is 4.79 Å². The maximum Gasteiger partial charge on any atom is 0.220 e. The van der Waals surface area contributed by atoms with Crippen LogP contribution in [0.4, 0.5) is 0 Å². The molecule has 2 atom stereocenters. The van der Waals surface area contributed by atoms with Crippen molar-refractivity contribution < 1.29 is 17.7 Å². The van der Waals surface area contributed by atoms with E-state index < -0.39 is 18.7 Å². The summed E-state index contributed by atoms with van der Waals surface area (Å²) in [7, 11) is 0. The molecular formula is C24H47NO3. The lowest BCUT2D eigenvalue weighted by molar-refractivity contribution is -0.123. The number of unbranched alkanes of at least 4 members (excludes halogenated alkanes) is 13. The number of hydrogen-bond acceptors (Lipinski definition) is 3. The summed E-state index contributed by atoms with van der Waals surface area (Å²) in [5.41, 5.74) is 0. The van der Waals surface area contributed by atoms with Crippen LogP contribution in [0, 0.1) is 0 Å². The number of hydrogen-bond donors (Lipinski definition) is 3. The summed E-state index contributed by atoms with van der Waals surface area (Å²) in [5.74, 6) is -0.343. The standard InChI is InChI=1S/C24H47NO3/c1-3-5-7-8-9-10-11-12-13-14-15-16-18-19-23(27)22(21-26)25-24(28)20-17-6-4-2/h18-19,22-23,26-27H,3-17,20-21H2,1-2H3,(H,25,28)/t22-,23+/m0/s1/i21D2,22+1. The van der Waals surface area contributed by atoms with E-state index in [1.807, 2.05) is 13.0 Å². The zero-order valence-corrected chi connectivity index (χ0v) is 18.4. The van der Waals surface area contributed by atoms with E-state index in [0.29, 0.717) is 6.42 Å². The van der Waals surface area contributed by atoms with Gasteiger partial charge in [-0.2, -0.15) is 0 Å². The van der Waals surface area contributed by atoms with E-state index in [1.165, 1.54) is 63.9 Å². The average Bonchev–Trinajstić information content (AvgIpc) is 2.69. The number of carbonyl (C=O) groups excluding carboxylic acids is 1. The number of rotatable bonds is 20. The van der Waals surface area contributed by atoms with Crippen LogP contribution in [0.15, 0.2) is 12.2 Å². The Morgan fingerprint density at radius 3 is 1.93 bits per heavy atom. The van der Waals surface area contributed by atoms with Crippen LogP contribution < -0.4 is 5.32 Å². The molecule has 0 bridgehead atoms. The fraction of sp³-hybridized carbons (Fsp3) is 0.875. The van der Waals surface area contributed by atoms with Crippen molar-refractivity contribution in [2.45, 2.75) is 129 Å². The van der Waals surface area contributed by atoms with Crippen LogP contribution in [0.2, 0.25) is 0 Å². The predicted molar refractivity (Wildman–Crippen MR) is 119 cm³/mol. The molecule has 0 saturated heterocycles. The first-order valence-electron chi connectivity index (χ1n) is 12.7. The molecule has 4 heteroatoms. The summed E-state index contributed by atoms with van der Waals surface area (Å²) in [6.07, 6.45) is 19.8. The zero-order chi connectivity index (χ0) is 22.7. The first-order chi connectivity index (χ1) is 14.3. The molecule has 166 valence electrons. The second-order valence-electron chi connectivity index (χ2n) is 7.87. The summed E-state index contributed by atoms with van der Waals surface area (Å²) in [5, 5.41) is 22.4. The molecular weight excluding hydrogens is 351 g/mol. The highest BCUT2D eigenvalue weighted by Crippen LogP contribution is 2.12. The van der Waals surface area contributed by atoms with E-state index >= 15 is 0 Å². The van der Waals surface area contributed by atoms with E-state index in [9.17, 15) is 15.0 Å². The molecule has 0 radical (unpaired) electrons. The third-order valence-electron chi connectivity index (χ3n) is 5.11. The van der Waals surface area contributed by atoms with Gasteiger partial charge in [0.15, 0.2) is 0 Å². The van der Waals surface area contributed by atoms with Gasteiger partial charge in [-0.05, 0) is 19.3 Å². The first kappa shape index (κ1) is 23.4. The van der Waals surface area contributed by atoms with Gasteiger partial charge < -0.3 is 15.5 Å². The summed E-state index contributed by atoms with van der Waals surface area (Å²) >= 11 is 0. The lowest BCUT2D eigenvalue weighted by atomic mass is 10.1. The Labute approximate surface area is 177 Å². The van der Waals surface area contributed by atoms with Crippen molar-refractivity contribution in [3.63, 3.8) is 0 Å². The van der Waals surface area contributed by atoms with Crippen molar-refractivity contribution in [1.82, 2.24) is 5.32 Å². The third kappa shape index (κ3) is 17.2. The topological polar surface area (TPSA) is 69.6 Å². The Hall–Kier alpha value is -0.870. The fourth-order valence-electron chi connectivity index (χ4n) is 3.25. The summed E-state index contributed by atoms with van der Waals surface area (Å²) in [6, 6.07) is -1.36. The predicted octanol–water partition coefficient (Wildman–Crippen LogP) is 5.66. The Morgan fingerprint density at radius 1 is 0.893 bits per heavy atom. The van der Waals surface area contributed by atoms with Gasteiger partial charge in [-0.15, -0.1) is 0 Å². The van der Waals surface area contributed by atoms with Crippen LogP contribution in [0.1, 0.15) is 119 Å². The minimum Gasteiger partial charge on any atom is -0.394 e. The van der Waals surface area contributed by atoms with Gasteiger partial charge in [0, 0.05) is 6.42 Å². The number of carbonyl (C=O) groups is 1. The van der Waals surface area contributed by atoms with E-state index in [1.54, 1.807) is 0 Å². The molecule has 0 aromatic carbocycles. The zero-order valence-electron chi connectivity index (χ0n) is 20.4. The van der Waals surface area contributed by atoms with Crippen molar-refractivity contribution in [2.24, 2.45) is 0 Å². The van der Waals surface area contributed by atoms with E-state index in [4.69, 9.17) is 2.74 Å². The fourth-order valence-corrected chi connectivity index (χ4v) is 3.25. The molecule has 0 aromatic rings. The van der Waals surface area contributed by atoms with Gasteiger partial charge in [0.1, 0.15) is 0 Å². The molecule has 0 saturated carbocycles. The number of aliphatic hydroxyl groups excluding tert-OH is 1. The molecule has 0 aromatic heterocycles. The highest BCUT2D eigenvalue weighted by atomic mass is 16.3. The second-order valence-corrected chi connectivity index (χ2v) is 7.87. The van der Waals surface area contributed by atoms with Gasteiger partial charge in [-0.25, -0.2) is 0 Å². The normalized spacial score (nSPS) is 15.3. The van der Waals surface area contributed by atoms with Crippen LogP contribution in [-0.2, 0) is 4.79 Å². The van der Waals surface area contributed by atoms with Crippen LogP contribution in [-0.4, -0.2) is 34.8 Å². The number of nitrogens with one attached hydrogen (secondary N) is 1. The highest BCUT2D eigenvalue weighted by Gasteiger charge is 2.17. The minimum atomic E-state index is -2.68. The number of amides is 1. The summed E-state index contributed by atoms with van der Waals surface area (Å²) < 4.78 is 15.0. The molecule has 4 nitrogen and oxygen atoms in total. The second kappa shape index (κ2) is 20.9. The van der Waals surface area contributed by atoms with E-state index in [2.05, 4.69) is 12.2 Å². The molecule has 1 amide bonds. The number of allylic oxidation sites excluding steroid dienone is 1. The Balaban J connectivity index is 3.98. The molecule has 0 unspecified atom stereocenters. The first-order valence-corrected chi connectivity index (χ1v) is 11.7. The van der Waals surface area contributed by atoms with Gasteiger partial charge in [0.2, 0.25) is 5.91 Å². The molecule has 0 rings (SSSR count). The van der Waals surface area contributed by atoms with Crippen LogP contribution in [0.3, 0.4) is 0 Å². The molecule has 0 aliphatic rings. The van der Waals surface area contributed by atoms with Crippen molar-refractivity contribution in [3.05, 3.63) is 12.2 Å². The molecule has 0 heterocycles. The van der Waals surface area contributed by atoms with Gasteiger partial charge in [0.05, 0.1) is 21.4 Å². The molecule has 3 N–H and O–H groups in total. The van der Waals surface area contributed by atoms with Crippen LogP contribution in [0.25, 0.3) is 0 Å². The van der Waals surface area contributed by atoms with Crippen LogP contribution in [0.5, 0.6) is 0 Å². The lowest BCUT2D eigenvalue weighted by Crippen LogP contribution is -2.45. The Morgan fingerprint density at radius 2 is 1.39 bits per heavy atom. The van der Waals surface area contributed by atoms with E-state index in [0.717, 1.165) is 32.1 Å².